The first-order valence-electron chi connectivity index (χ1n) is 8.17. The fourth-order valence-corrected chi connectivity index (χ4v) is 2.68. The standard InChI is InChI=1S/C19H18N4O4/c1-12-6-13(2)8-16(7-12)27-17-10-14(9-15(11-17)23(25)26)20-19(24)18-4-5-22(3)21-18/h4-11H,1-3H3,(H,20,24). The van der Waals surface area contributed by atoms with E-state index in [4.69, 9.17) is 4.74 Å². The Hall–Kier alpha value is -3.68. The van der Waals surface area contributed by atoms with Crippen molar-refractivity contribution in [2.24, 2.45) is 7.05 Å². The lowest BCUT2D eigenvalue weighted by Crippen LogP contribution is -2.13. The van der Waals surface area contributed by atoms with Crippen LogP contribution in [0.15, 0.2) is 48.7 Å². The Morgan fingerprint density at radius 1 is 1.11 bits per heavy atom. The van der Waals surface area contributed by atoms with E-state index in [0.29, 0.717) is 5.75 Å². The fraction of sp³-hybridized carbons (Fsp3) is 0.158. The number of carbonyl (C=O) groups is 1. The Bertz CT molecular complexity index is 1010. The molecule has 0 saturated carbocycles. The molecule has 0 atom stereocenters. The number of ether oxygens (including phenoxy) is 1. The number of benzene rings is 2. The number of nitro benzene ring substituents is 1. The van der Waals surface area contributed by atoms with Crippen molar-refractivity contribution in [2.45, 2.75) is 13.8 Å². The normalized spacial score (nSPS) is 10.5. The number of non-ortho nitro benzene ring substituents is 1. The second-order valence-electron chi connectivity index (χ2n) is 6.23. The van der Waals surface area contributed by atoms with E-state index in [-0.39, 0.29) is 22.8 Å². The number of rotatable bonds is 5. The molecule has 0 radical (unpaired) electrons. The Kier molecular flexibility index (Phi) is 4.89. The molecule has 0 fully saturated rings. The number of aromatic nitrogens is 2. The Balaban J connectivity index is 1.90. The van der Waals surface area contributed by atoms with Crippen LogP contribution >= 0.6 is 0 Å². The molecule has 1 N–H and O–H groups in total. The van der Waals surface area contributed by atoms with Crippen LogP contribution in [0.25, 0.3) is 0 Å². The lowest BCUT2D eigenvalue weighted by Gasteiger charge is -2.10. The summed E-state index contributed by atoms with van der Waals surface area (Å²) < 4.78 is 7.28. The van der Waals surface area contributed by atoms with Gasteiger partial charge in [0.1, 0.15) is 11.5 Å². The minimum Gasteiger partial charge on any atom is -0.457 e. The van der Waals surface area contributed by atoms with Gasteiger partial charge in [0, 0.05) is 25.4 Å². The van der Waals surface area contributed by atoms with Gasteiger partial charge in [0.25, 0.3) is 11.6 Å². The lowest BCUT2D eigenvalue weighted by molar-refractivity contribution is -0.384. The quantitative estimate of drug-likeness (QED) is 0.544. The van der Waals surface area contributed by atoms with Gasteiger partial charge in [0.15, 0.2) is 5.69 Å². The third-order valence-electron chi connectivity index (χ3n) is 3.74. The Labute approximate surface area is 155 Å². The zero-order valence-electron chi connectivity index (χ0n) is 15.1. The molecule has 0 spiro atoms. The maximum atomic E-state index is 12.3. The number of nitrogens with one attached hydrogen (secondary N) is 1. The molecule has 138 valence electrons. The molecule has 0 bridgehead atoms. The highest BCUT2D eigenvalue weighted by Crippen LogP contribution is 2.30. The summed E-state index contributed by atoms with van der Waals surface area (Å²) >= 11 is 0. The Morgan fingerprint density at radius 3 is 2.37 bits per heavy atom. The van der Waals surface area contributed by atoms with Crippen molar-refractivity contribution < 1.29 is 14.5 Å². The summed E-state index contributed by atoms with van der Waals surface area (Å²) in [6.07, 6.45) is 1.64. The number of hydrogen-bond acceptors (Lipinski definition) is 5. The first-order chi connectivity index (χ1) is 12.8. The maximum Gasteiger partial charge on any atom is 0.276 e. The highest BCUT2D eigenvalue weighted by molar-refractivity contribution is 6.03. The molecule has 0 saturated heterocycles. The Morgan fingerprint density at radius 2 is 1.78 bits per heavy atom. The summed E-state index contributed by atoms with van der Waals surface area (Å²) in [4.78, 5) is 23.0. The zero-order chi connectivity index (χ0) is 19.6. The van der Waals surface area contributed by atoms with Crippen LogP contribution in [-0.2, 0) is 7.05 Å². The van der Waals surface area contributed by atoms with E-state index in [9.17, 15) is 14.9 Å². The number of aryl methyl sites for hydroxylation is 3. The van der Waals surface area contributed by atoms with Gasteiger partial charge in [-0.1, -0.05) is 6.07 Å². The lowest BCUT2D eigenvalue weighted by atomic mass is 10.1. The maximum absolute atomic E-state index is 12.3. The number of nitrogens with zero attached hydrogens (tertiary/aromatic N) is 3. The van der Waals surface area contributed by atoms with E-state index in [1.807, 2.05) is 32.0 Å². The molecule has 3 rings (SSSR count). The minimum atomic E-state index is -0.537. The molecule has 3 aromatic rings. The van der Waals surface area contributed by atoms with Crippen molar-refractivity contribution in [1.82, 2.24) is 9.78 Å². The molecule has 8 heteroatoms. The predicted molar refractivity (Wildman–Crippen MR) is 100 cm³/mol. The van der Waals surface area contributed by atoms with E-state index < -0.39 is 10.8 Å². The smallest absolute Gasteiger partial charge is 0.276 e. The van der Waals surface area contributed by atoms with Crippen LogP contribution in [0.5, 0.6) is 11.5 Å². The summed E-state index contributed by atoms with van der Waals surface area (Å²) in [6.45, 7) is 3.87. The van der Waals surface area contributed by atoms with E-state index in [2.05, 4.69) is 10.4 Å². The monoisotopic (exact) mass is 366 g/mol. The van der Waals surface area contributed by atoms with Gasteiger partial charge in [0.05, 0.1) is 16.7 Å². The molecular formula is C19H18N4O4. The van der Waals surface area contributed by atoms with Crippen LogP contribution < -0.4 is 10.1 Å². The number of hydrogen-bond donors (Lipinski definition) is 1. The van der Waals surface area contributed by atoms with Gasteiger partial charge in [-0.25, -0.2) is 0 Å². The van der Waals surface area contributed by atoms with Crippen LogP contribution in [0.1, 0.15) is 21.6 Å². The first kappa shape index (κ1) is 18.1. The van der Waals surface area contributed by atoms with Crippen molar-refractivity contribution >= 4 is 17.3 Å². The minimum absolute atomic E-state index is 0.187. The molecular weight excluding hydrogens is 348 g/mol. The van der Waals surface area contributed by atoms with Crippen LogP contribution in [0, 0.1) is 24.0 Å². The molecule has 0 unspecified atom stereocenters. The number of carbonyl (C=O) groups excluding carboxylic acids is 1. The van der Waals surface area contributed by atoms with Gasteiger partial charge in [-0.2, -0.15) is 5.10 Å². The van der Waals surface area contributed by atoms with Crippen LogP contribution in [0.3, 0.4) is 0 Å². The van der Waals surface area contributed by atoms with Gasteiger partial charge in [-0.05, 0) is 43.2 Å². The van der Waals surface area contributed by atoms with Gasteiger partial charge < -0.3 is 10.1 Å². The molecule has 2 aromatic carbocycles. The number of nitro groups is 1. The first-order valence-corrected chi connectivity index (χ1v) is 8.17. The van der Waals surface area contributed by atoms with Crippen molar-refractivity contribution in [3.8, 4) is 11.5 Å². The molecule has 8 nitrogen and oxygen atoms in total. The molecule has 0 aliphatic carbocycles. The largest absolute Gasteiger partial charge is 0.457 e. The van der Waals surface area contributed by atoms with Crippen LogP contribution in [0.2, 0.25) is 0 Å². The molecule has 1 amide bonds. The molecule has 0 aliphatic rings. The third kappa shape index (κ3) is 4.49. The van der Waals surface area contributed by atoms with Gasteiger partial charge >= 0.3 is 0 Å². The topological polar surface area (TPSA) is 99.3 Å². The van der Waals surface area contributed by atoms with E-state index >= 15 is 0 Å². The summed E-state index contributed by atoms with van der Waals surface area (Å²) in [6, 6.07) is 11.3. The second-order valence-corrected chi connectivity index (χ2v) is 6.23. The summed E-state index contributed by atoms with van der Waals surface area (Å²) in [5.74, 6) is 0.356. The second kappa shape index (κ2) is 7.28. The average Bonchev–Trinajstić information content (AvgIpc) is 3.00. The SMILES string of the molecule is Cc1cc(C)cc(Oc2cc(NC(=O)c3ccn(C)n3)cc([N+](=O)[O-])c2)c1. The van der Waals surface area contributed by atoms with Gasteiger partial charge in [0.2, 0.25) is 0 Å². The number of amides is 1. The number of anilines is 1. The summed E-state index contributed by atoms with van der Waals surface area (Å²) in [5.41, 5.74) is 2.30. The van der Waals surface area contributed by atoms with Crippen LogP contribution in [-0.4, -0.2) is 20.6 Å². The van der Waals surface area contributed by atoms with E-state index in [1.54, 1.807) is 19.3 Å². The van der Waals surface area contributed by atoms with Crippen molar-refractivity contribution in [3.63, 3.8) is 0 Å². The van der Waals surface area contributed by atoms with Gasteiger partial charge in [-0.15, -0.1) is 0 Å². The summed E-state index contributed by atoms with van der Waals surface area (Å²) in [7, 11) is 1.69. The van der Waals surface area contributed by atoms with Crippen molar-refractivity contribution in [3.05, 3.63) is 75.6 Å². The van der Waals surface area contributed by atoms with E-state index in [0.717, 1.165) is 11.1 Å². The highest BCUT2D eigenvalue weighted by atomic mass is 16.6. The van der Waals surface area contributed by atoms with E-state index in [1.165, 1.54) is 22.9 Å². The van der Waals surface area contributed by atoms with Gasteiger partial charge in [-0.3, -0.25) is 19.6 Å². The fourth-order valence-electron chi connectivity index (χ4n) is 2.68. The predicted octanol–water partition coefficient (Wildman–Crippen LogP) is 3.99. The zero-order valence-corrected chi connectivity index (χ0v) is 15.1. The van der Waals surface area contributed by atoms with Crippen LogP contribution in [0.4, 0.5) is 11.4 Å². The van der Waals surface area contributed by atoms with Crippen molar-refractivity contribution in [2.75, 3.05) is 5.32 Å². The van der Waals surface area contributed by atoms with Crippen molar-refractivity contribution in [1.29, 1.82) is 0 Å². The molecule has 1 heterocycles. The molecule has 27 heavy (non-hydrogen) atoms. The molecule has 1 aromatic heterocycles. The molecule has 0 aliphatic heterocycles. The summed E-state index contributed by atoms with van der Waals surface area (Å²) in [5, 5.41) is 17.9. The highest BCUT2D eigenvalue weighted by Gasteiger charge is 2.15. The third-order valence-corrected chi connectivity index (χ3v) is 3.74. The average molecular weight is 366 g/mol.